The third-order valence-electron chi connectivity index (χ3n) is 4.83. The Kier molecular flexibility index (Phi) is 4.99. The zero-order valence-corrected chi connectivity index (χ0v) is 15.7. The molecule has 2 aromatic heterocycles. The standard InChI is InChI=1S/C19H24N6S/c1-26-16-4-2-3-15(11-16)22-17-12-18(24-25-10-9-21-19(17)25)23-14-7-5-13(20)6-8-14/h2-4,9-14,22H,5-8,20H2,1H3,(H,23,24)/t13-,14-. The maximum absolute atomic E-state index is 6.02. The first kappa shape index (κ1) is 17.2. The van der Waals surface area contributed by atoms with Gasteiger partial charge in [0.15, 0.2) is 5.65 Å². The van der Waals surface area contributed by atoms with Crippen LogP contribution in [0.1, 0.15) is 25.7 Å². The normalized spacial score (nSPS) is 20.2. The Labute approximate surface area is 157 Å². The highest BCUT2D eigenvalue weighted by Crippen LogP contribution is 2.27. The largest absolute Gasteiger partial charge is 0.366 e. The molecule has 4 rings (SSSR count). The van der Waals surface area contributed by atoms with E-state index in [1.54, 1.807) is 18.0 Å². The van der Waals surface area contributed by atoms with Crippen LogP contribution in [0.3, 0.4) is 0 Å². The molecular weight excluding hydrogens is 344 g/mol. The Hall–Kier alpha value is -2.25. The molecule has 6 nitrogen and oxygen atoms in total. The van der Waals surface area contributed by atoms with E-state index in [1.807, 2.05) is 16.8 Å². The van der Waals surface area contributed by atoms with Gasteiger partial charge in [-0.2, -0.15) is 0 Å². The van der Waals surface area contributed by atoms with Crippen LogP contribution in [0, 0.1) is 0 Å². The predicted molar refractivity (Wildman–Crippen MR) is 108 cm³/mol. The number of anilines is 3. The van der Waals surface area contributed by atoms with Gasteiger partial charge in [-0.1, -0.05) is 6.07 Å². The summed E-state index contributed by atoms with van der Waals surface area (Å²) in [5.74, 6) is 0.861. The molecule has 0 aliphatic heterocycles. The van der Waals surface area contributed by atoms with Crippen molar-refractivity contribution in [1.82, 2.24) is 14.6 Å². The highest BCUT2D eigenvalue weighted by atomic mass is 32.2. The Balaban J connectivity index is 1.60. The van der Waals surface area contributed by atoms with Crippen LogP contribution >= 0.6 is 11.8 Å². The second-order valence-corrected chi connectivity index (χ2v) is 7.63. The maximum atomic E-state index is 6.02. The van der Waals surface area contributed by atoms with Gasteiger partial charge in [0, 0.05) is 41.1 Å². The number of imidazole rings is 1. The molecule has 0 radical (unpaired) electrons. The summed E-state index contributed by atoms with van der Waals surface area (Å²) in [4.78, 5) is 5.67. The number of hydrogen-bond acceptors (Lipinski definition) is 6. The molecule has 0 bridgehead atoms. The third-order valence-corrected chi connectivity index (χ3v) is 5.56. The fourth-order valence-corrected chi connectivity index (χ4v) is 3.87. The summed E-state index contributed by atoms with van der Waals surface area (Å²) in [6.45, 7) is 0. The van der Waals surface area contributed by atoms with Crippen molar-refractivity contribution in [3.63, 3.8) is 0 Å². The number of thioether (sulfide) groups is 1. The van der Waals surface area contributed by atoms with Gasteiger partial charge in [-0.05, 0) is 50.1 Å². The first-order valence-electron chi connectivity index (χ1n) is 8.99. The number of rotatable bonds is 5. The lowest BCUT2D eigenvalue weighted by Gasteiger charge is -2.27. The van der Waals surface area contributed by atoms with Gasteiger partial charge in [0.2, 0.25) is 0 Å². The summed E-state index contributed by atoms with van der Waals surface area (Å²) in [6, 6.07) is 11.2. The summed E-state index contributed by atoms with van der Waals surface area (Å²) >= 11 is 1.73. The topological polar surface area (TPSA) is 80.3 Å². The van der Waals surface area contributed by atoms with E-state index in [4.69, 9.17) is 5.73 Å². The molecule has 4 N–H and O–H groups in total. The third kappa shape index (κ3) is 3.78. The molecule has 0 spiro atoms. The molecule has 2 heterocycles. The lowest BCUT2D eigenvalue weighted by molar-refractivity contribution is 0.410. The van der Waals surface area contributed by atoms with Crippen molar-refractivity contribution in [2.75, 3.05) is 16.9 Å². The quantitative estimate of drug-likeness (QED) is 0.593. The molecule has 3 aromatic rings. The summed E-state index contributed by atoms with van der Waals surface area (Å²) in [5.41, 5.74) is 8.82. The average Bonchev–Trinajstić information content (AvgIpc) is 3.13. The second-order valence-electron chi connectivity index (χ2n) is 6.75. The van der Waals surface area contributed by atoms with Crippen molar-refractivity contribution < 1.29 is 0 Å². The van der Waals surface area contributed by atoms with Crippen molar-refractivity contribution in [2.45, 2.75) is 42.7 Å². The molecule has 0 amide bonds. The van der Waals surface area contributed by atoms with Crippen molar-refractivity contribution in [2.24, 2.45) is 5.73 Å². The van der Waals surface area contributed by atoms with E-state index >= 15 is 0 Å². The minimum Gasteiger partial charge on any atom is -0.366 e. The summed E-state index contributed by atoms with van der Waals surface area (Å²) in [7, 11) is 0. The van der Waals surface area contributed by atoms with E-state index in [1.165, 1.54) is 4.90 Å². The minimum atomic E-state index is 0.345. The van der Waals surface area contributed by atoms with Gasteiger partial charge >= 0.3 is 0 Å². The van der Waals surface area contributed by atoms with Crippen LogP contribution in [0.5, 0.6) is 0 Å². The van der Waals surface area contributed by atoms with Gasteiger partial charge in [-0.15, -0.1) is 16.9 Å². The molecular formula is C19H24N6S. The summed E-state index contributed by atoms with van der Waals surface area (Å²) < 4.78 is 1.82. The van der Waals surface area contributed by atoms with Crippen LogP contribution in [0.25, 0.3) is 5.65 Å². The SMILES string of the molecule is CSc1cccc(Nc2cc(N[C@H]3CC[C@H](N)CC3)nn3ccnc23)c1. The van der Waals surface area contributed by atoms with Gasteiger partial charge in [0.05, 0.1) is 5.69 Å². The molecule has 1 aromatic carbocycles. The average molecular weight is 369 g/mol. The molecule has 1 saturated carbocycles. The molecule has 0 unspecified atom stereocenters. The van der Waals surface area contributed by atoms with Gasteiger partial charge in [0.25, 0.3) is 0 Å². The second kappa shape index (κ2) is 7.55. The van der Waals surface area contributed by atoms with Crippen LogP contribution < -0.4 is 16.4 Å². The Morgan fingerprint density at radius 3 is 2.85 bits per heavy atom. The minimum absolute atomic E-state index is 0.345. The lowest BCUT2D eigenvalue weighted by Crippen LogP contribution is -2.33. The molecule has 1 fully saturated rings. The zero-order valence-electron chi connectivity index (χ0n) is 14.9. The van der Waals surface area contributed by atoms with Gasteiger partial charge in [-0.3, -0.25) is 0 Å². The van der Waals surface area contributed by atoms with Crippen LogP contribution in [-0.2, 0) is 0 Å². The number of fused-ring (bicyclic) bond motifs is 1. The lowest BCUT2D eigenvalue weighted by atomic mass is 9.92. The van der Waals surface area contributed by atoms with E-state index in [9.17, 15) is 0 Å². The molecule has 7 heteroatoms. The first-order valence-corrected chi connectivity index (χ1v) is 10.2. The Bertz CT molecular complexity index is 885. The molecule has 1 aliphatic rings. The van der Waals surface area contributed by atoms with E-state index in [0.717, 1.165) is 48.5 Å². The highest BCUT2D eigenvalue weighted by Gasteiger charge is 2.19. The summed E-state index contributed by atoms with van der Waals surface area (Å²) in [5, 5.41) is 11.7. The number of benzene rings is 1. The van der Waals surface area contributed by atoms with Crippen molar-refractivity contribution in [3.05, 3.63) is 42.7 Å². The van der Waals surface area contributed by atoms with E-state index in [-0.39, 0.29) is 0 Å². The Morgan fingerprint density at radius 2 is 2.04 bits per heavy atom. The first-order chi connectivity index (χ1) is 12.7. The zero-order chi connectivity index (χ0) is 17.9. The monoisotopic (exact) mass is 368 g/mol. The number of hydrogen-bond donors (Lipinski definition) is 3. The highest BCUT2D eigenvalue weighted by molar-refractivity contribution is 7.98. The van der Waals surface area contributed by atoms with Crippen molar-refractivity contribution in [3.8, 4) is 0 Å². The molecule has 1 aliphatic carbocycles. The van der Waals surface area contributed by atoms with Crippen LogP contribution in [0.2, 0.25) is 0 Å². The van der Waals surface area contributed by atoms with Gasteiger partial charge < -0.3 is 16.4 Å². The number of nitrogens with zero attached hydrogens (tertiary/aromatic N) is 3. The van der Waals surface area contributed by atoms with Crippen molar-refractivity contribution >= 4 is 34.6 Å². The predicted octanol–water partition coefficient (Wildman–Crippen LogP) is 3.88. The van der Waals surface area contributed by atoms with Gasteiger partial charge in [0.1, 0.15) is 5.82 Å². The van der Waals surface area contributed by atoms with Crippen LogP contribution in [0.15, 0.2) is 47.6 Å². The number of nitrogens with one attached hydrogen (secondary N) is 2. The summed E-state index contributed by atoms with van der Waals surface area (Å²) in [6.07, 6.45) is 10.0. The Morgan fingerprint density at radius 1 is 1.19 bits per heavy atom. The number of nitrogens with two attached hydrogens (primary N) is 1. The van der Waals surface area contributed by atoms with E-state index in [2.05, 4.69) is 51.2 Å². The van der Waals surface area contributed by atoms with E-state index < -0.39 is 0 Å². The number of aromatic nitrogens is 3. The molecule has 26 heavy (non-hydrogen) atoms. The molecule has 136 valence electrons. The fourth-order valence-electron chi connectivity index (χ4n) is 3.41. The molecule has 0 saturated heterocycles. The maximum Gasteiger partial charge on any atom is 0.177 e. The fraction of sp³-hybridized carbons (Fsp3) is 0.368. The van der Waals surface area contributed by atoms with E-state index in [0.29, 0.717) is 12.1 Å². The van der Waals surface area contributed by atoms with Crippen LogP contribution in [-0.4, -0.2) is 32.9 Å². The molecule has 0 atom stereocenters. The van der Waals surface area contributed by atoms with Gasteiger partial charge in [-0.25, -0.2) is 9.50 Å². The smallest absolute Gasteiger partial charge is 0.177 e. The van der Waals surface area contributed by atoms with Crippen LogP contribution in [0.4, 0.5) is 17.2 Å². The van der Waals surface area contributed by atoms with Crippen molar-refractivity contribution in [1.29, 1.82) is 0 Å².